The molecule has 0 aromatic carbocycles. The van der Waals surface area contributed by atoms with Crippen molar-refractivity contribution in [1.29, 1.82) is 0 Å². The van der Waals surface area contributed by atoms with Crippen molar-refractivity contribution in [2.24, 2.45) is 0 Å². The molecule has 3 aromatic rings. The Kier molecular flexibility index (Phi) is 8.42. The van der Waals surface area contributed by atoms with Crippen LogP contribution in [0.2, 0.25) is 0 Å². The van der Waals surface area contributed by atoms with Gasteiger partial charge in [-0.3, -0.25) is 14.3 Å². The lowest BCUT2D eigenvalue weighted by atomic mass is 9.91. The van der Waals surface area contributed by atoms with Gasteiger partial charge in [-0.1, -0.05) is 32.9 Å². The van der Waals surface area contributed by atoms with Gasteiger partial charge in [0.15, 0.2) is 0 Å². The fourth-order valence-electron chi connectivity index (χ4n) is 5.04. The highest BCUT2D eigenvalue weighted by molar-refractivity contribution is 5.54. The second kappa shape index (κ2) is 11.5. The van der Waals surface area contributed by atoms with Crippen molar-refractivity contribution in [1.82, 2.24) is 29.5 Å². The van der Waals surface area contributed by atoms with Crippen LogP contribution in [0.25, 0.3) is 5.65 Å². The van der Waals surface area contributed by atoms with Gasteiger partial charge in [0.25, 0.3) is 0 Å². The third kappa shape index (κ3) is 5.85. The molecule has 0 spiro atoms. The average Bonchev–Trinajstić information content (AvgIpc) is 3.22. The zero-order chi connectivity index (χ0) is 24.9. The lowest BCUT2D eigenvalue weighted by Crippen LogP contribution is -2.32. The number of aryl methyl sites for hydroxylation is 1. The number of pyridine rings is 2. The summed E-state index contributed by atoms with van der Waals surface area (Å²) < 4.78 is 2.36. The van der Waals surface area contributed by atoms with Crippen molar-refractivity contribution >= 4 is 11.5 Å². The van der Waals surface area contributed by atoms with E-state index >= 15 is 0 Å². The predicted molar refractivity (Wildman–Crippen MR) is 145 cm³/mol. The van der Waals surface area contributed by atoms with Crippen molar-refractivity contribution in [3.8, 4) is 0 Å². The molecule has 0 bridgehead atoms. The van der Waals surface area contributed by atoms with Crippen molar-refractivity contribution in [2.45, 2.75) is 65.2 Å². The topological polar surface area (TPSA) is 51.9 Å². The van der Waals surface area contributed by atoms with E-state index in [1.54, 1.807) is 0 Å². The Bertz CT molecular complexity index is 1110. The fourth-order valence-corrected chi connectivity index (χ4v) is 5.04. The number of hydrogen-bond acceptors (Lipinski definition) is 6. The van der Waals surface area contributed by atoms with E-state index in [-0.39, 0.29) is 0 Å². The SMILES string of the molecule is CCN(C)CCN(C)c1cccc2nc(CN(C)[C@H]3CCCc4cccnc43)c(CNC(C)C)n12. The first-order chi connectivity index (χ1) is 16.9. The number of imidazole rings is 1. The minimum absolute atomic E-state index is 0.336. The second-order valence-corrected chi connectivity index (χ2v) is 10.3. The van der Waals surface area contributed by atoms with Gasteiger partial charge in [-0.2, -0.15) is 0 Å². The summed E-state index contributed by atoms with van der Waals surface area (Å²) in [5.74, 6) is 1.19. The standard InChI is InChI=1S/C28H43N7/c1-7-32(4)17-18-33(5)27-15-9-14-26-31-23(25(35(26)27)19-30-21(2)3)20-34(6)24-13-8-11-22-12-10-16-29-28(22)24/h9-10,12,14-16,21,24,30H,7-8,11,13,17-20H2,1-6H3/t24-/m0/s1. The monoisotopic (exact) mass is 477 g/mol. The number of rotatable bonds is 11. The number of nitrogens with one attached hydrogen (secondary N) is 1. The molecule has 1 aliphatic carbocycles. The van der Waals surface area contributed by atoms with Gasteiger partial charge in [-0.05, 0) is 63.7 Å². The van der Waals surface area contributed by atoms with E-state index in [4.69, 9.17) is 9.97 Å². The molecule has 0 saturated heterocycles. The van der Waals surface area contributed by atoms with E-state index in [2.05, 4.69) is 96.7 Å². The quantitative estimate of drug-likeness (QED) is 0.448. The van der Waals surface area contributed by atoms with E-state index in [9.17, 15) is 0 Å². The second-order valence-electron chi connectivity index (χ2n) is 10.3. The van der Waals surface area contributed by atoms with Crippen molar-refractivity contribution in [2.75, 3.05) is 45.7 Å². The first-order valence-electron chi connectivity index (χ1n) is 13.1. The molecule has 0 unspecified atom stereocenters. The van der Waals surface area contributed by atoms with Gasteiger partial charge in [0.1, 0.15) is 11.5 Å². The fraction of sp³-hybridized carbons (Fsp3) is 0.571. The zero-order valence-electron chi connectivity index (χ0n) is 22.5. The van der Waals surface area contributed by atoms with Crippen LogP contribution < -0.4 is 10.2 Å². The molecule has 1 aliphatic rings. The highest BCUT2D eigenvalue weighted by atomic mass is 15.3. The minimum atomic E-state index is 0.336. The molecule has 0 fully saturated rings. The maximum absolute atomic E-state index is 5.16. The number of aromatic nitrogens is 3. The van der Waals surface area contributed by atoms with Crippen molar-refractivity contribution in [3.05, 3.63) is 59.2 Å². The molecule has 3 heterocycles. The van der Waals surface area contributed by atoms with E-state index < -0.39 is 0 Å². The molecule has 0 amide bonds. The van der Waals surface area contributed by atoms with Gasteiger partial charge in [-0.25, -0.2) is 4.98 Å². The average molecular weight is 478 g/mol. The summed E-state index contributed by atoms with van der Waals surface area (Å²) in [5.41, 5.74) is 6.06. The molecular formula is C28H43N7. The van der Waals surface area contributed by atoms with E-state index in [1.165, 1.54) is 29.2 Å². The molecule has 4 rings (SSSR count). The van der Waals surface area contributed by atoms with Gasteiger partial charge in [0, 0.05) is 45.5 Å². The Morgan fingerprint density at radius 3 is 2.71 bits per heavy atom. The Labute approximate surface area is 211 Å². The summed E-state index contributed by atoms with van der Waals surface area (Å²) in [5, 5.41) is 3.66. The number of likely N-dealkylation sites (N-methyl/N-ethyl adjacent to an activating group) is 2. The predicted octanol–water partition coefficient (Wildman–Crippen LogP) is 4.12. The molecule has 35 heavy (non-hydrogen) atoms. The van der Waals surface area contributed by atoms with E-state index in [0.717, 1.165) is 56.9 Å². The number of hydrogen-bond donors (Lipinski definition) is 1. The number of fused-ring (bicyclic) bond motifs is 2. The molecule has 3 aromatic heterocycles. The first-order valence-corrected chi connectivity index (χ1v) is 13.1. The van der Waals surface area contributed by atoms with Crippen LogP contribution in [-0.4, -0.2) is 71.0 Å². The van der Waals surface area contributed by atoms with Gasteiger partial charge in [0.05, 0.1) is 23.1 Å². The summed E-state index contributed by atoms with van der Waals surface area (Å²) in [4.78, 5) is 17.1. The first kappa shape index (κ1) is 25.6. The van der Waals surface area contributed by atoms with Gasteiger partial charge < -0.3 is 15.1 Å². The lowest BCUT2D eigenvalue weighted by Gasteiger charge is -2.32. The summed E-state index contributed by atoms with van der Waals surface area (Å²) >= 11 is 0. The molecule has 0 radical (unpaired) electrons. The Balaban J connectivity index is 1.66. The molecule has 0 saturated carbocycles. The maximum atomic E-state index is 5.16. The van der Waals surface area contributed by atoms with E-state index in [1.807, 2.05) is 6.20 Å². The number of nitrogens with zero attached hydrogens (tertiary/aromatic N) is 6. The molecule has 0 aliphatic heterocycles. The smallest absolute Gasteiger partial charge is 0.138 e. The molecule has 7 nitrogen and oxygen atoms in total. The highest BCUT2D eigenvalue weighted by Gasteiger charge is 2.27. The molecular weight excluding hydrogens is 434 g/mol. The summed E-state index contributed by atoms with van der Waals surface area (Å²) in [6, 6.07) is 11.5. The van der Waals surface area contributed by atoms with Crippen LogP contribution >= 0.6 is 0 Å². The summed E-state index contributed by atoms with van der Waals surface area (Å²) in [6.07, 6.45) is 5.43. The van der Waals surface area contributed by atoms with Crippen LogP contribution in [0.3, 0.4) is 0 Å². The molecule has 1 N–H and O–H groups in total. The Morgan fingerprint density at radius 1 is 1.11 bits per heavy atom. The van der Waals surface area contributed by atoms with Crippen LogP contribution in [0.5, 0.6) is 0 Å². The van der Waals surface area contributed by atoms with Crippen LogP contribution in [0.4, 0.5) is 5.82 Å². The third-order valence-corrected chi connectivity index (χ3v) is 7.32. The van der Waals surface area contributed by atoms with Crippen LogP contribution in [0, 0.1) is 0 Å². The van der Waals surface area contributed by atoms with Crippen LogP contribution in [0.15, 0.2) is 36.5 Å². The lowest BCUT2D eigenvalue weighted by molar-refractivity contribution is 0.206. The zero-order valence-corrected chi connectivity index (χ0v) is 22.5. The number of anilines is 1. The molecule has 1 atom stereocenters. The van der Waals surface area contributed by atoms with Crippen LogP contribution in [0.1, 0.15) is 62.3 Å². The normalized spacial score (nSPS) is 16.0. The summed E-state index contributed by atoms with van der Waals surface area (Å²) in [7, 11) is 6.59. The third-order valence-electron chi connectivity index (χ3n) is 7.32. The summed E-state index contributed by atoms with van der Waals surface area (Å²) in [6.45, 7) is 11.3. The van der Waals surface area contributed by atoms with Crippen molar-refractivity contribution in [3.63, 3.8) is 0 Å². The Hall–Kier alpha value is -2.48. The van der Waals surface area contributed by atoms with Gasteiger partial charge in [-0.15, -0.1) is 0 Å². The van der Waals surface area contributed by atoms with Crippen LogP contribution in [-0.2, 0) is 19.5 Å². The maximum Gasteiger partial charge on any atom is 0.138 e. The largest absolute Gasteiger partial charge is 0.359 e. The van der Waals surface area contributed by atoms with E-state index in [0.29, 0.717) is 12.1 Å². The van der Waals surface area contributed by atoms with Gasteiger partial charge in [0.2, 0.25) is 0 Å². The molecule has 190 valence electrons. The van der Waals surface area contributed by atoms with Crippen molar-refractivity contribution < 1.29 is 0 Å². The highest BCUT2D eigenvalue weighted by Crippen LogP contribution is 2.33. The van der Waals surface area contributed by atoms with Gasteiger partial charge >= 0.3 is 0 Å². The Morgan fingerprint density at radius 2 is 1.94 bits per heavy atom. The molecule has 7 heteroatoms. The minimum Gasteiger partial charge on any atom is -0.359 e.